The van der Waals surface area contributed by atoms with Crippen molar-refractivity contribution >= 4 is 15.9 Å². The van der Waals surface area contributed by atoms with E-state index in [9.17, 15) is 0 Å². The summed E-state index contributed by atoms with van der Waals surface area (Å²) in [5, 5.41) is 0. The molecule has 0 aliphatic heterocycles. The Morgan fingerprint density at radius 3 is 2.68 bits per heavy atom. The minimum Gasteiger partial charge on any atom is -0.467 e. The van der Waals surface area contributed by atoms with Crippen molar-refractivity contribution in [3.05, 3.63) is 58.5 Å². The maximum atomic E-state index is 6.11. The van der Waals surface area contributed by atoms with E-state index in [0.29, 0.717) is 6.61 Å². The SMILES string of the molecule is CCC(N)C(OCc1ccccc1Br)c1ccco1. The summed E-state index contributed by atoms with van der Waals surface area (Å²) in [6.45, 7) is 2.54. The van der Waals surface area contributed by atoms with E-state index in [0.717, 1.165) is 22.2 Å². The van der Waals surface area contributed by atoms with Gasteiger partial charge in [0, 0.05) is 10.5 Å². The molecule has 2 N–H and O–H groups in total. The zero-order valence-electron chi connectivity index (χ0n) is 10.9. The van der Waals surface area contributed by atoms with Crippen molar-refractivity contribution in [2.75, 3.05) is 0 Å². The third-order valence-electron chi connectivity index (χ3n) is 3.06. The molecule has 3 nitrogen and oxygen atoms in total. The molecule has 2 aromatic rings. The van der Waals surface area contributed by atoms with Crippen LogP contribution in [0, 0.1) is 0 Å². The van der Waals surface area contributed by atoms with Crippen molar-refractivity contribution in [2.24, 2.45) is 5.73 Å². The van der Waals surface area contributed by atoms with E-state index in [1.165, 1.54) is 0 Å². The number of rotatable bonds is 6. The van der Waals surface area contributed by atoms with Crippen molar-refractivity contribution < 1.29 is 9.15 Å². The Labute approximate surface area is 121 Å². The van der Waals surface area contributed by atoms with Crippen LogP contribution in [0.2, 0.25) is 0 Å². The molecule has 1 aromatic heterocycles. The molecule has 4 heteroatoms. The van der Waals surface area contributed by atoms with Crippen molar-refractivity contribution in [1.82, 2.24) is 0 Å². The smallest absolute Gasteiger partial charge is 0.134 e. The number of benzene rings is 1. The van der Waals surface area contributed by atoms with Gasteiger partial charge in [-0.25, -0.2) is 0 Å². The second-order valence-electron chi connectivity index (χ2n) is 4.41. The molecule has 2 unspecified atom stereocenters. The summed E-state index contributed by atoms with van der Waals surface area (Å²) >= 11 is 3.51. The molecule has 1 aromatic carbocycles. The van der Waals surface area contributed by atoms with Crippen molar-refractivity contribution in [2.45, 2.75) is 32.1 Å². The maximum Gasteiger partial charge on any atom is 0.134 e. The molecule has 0 saturated heterocycles. The molecule has 0 fully saturated rings. The van der Waals surface area contributed by atoms with E-state index in [1.54, 1.807) is 6.26 Å². The molecule has 0 bridgehead atoms. The summed E-state index contributed by atoms with van der Waals surface area (Å²) in [4.78, 5) is 0. The van der Waals surface area contributed by atoms with Crippen LogP contribution in [0.3, 0.4) is 0 Å². The summed E-state index contributed by atoms with van der Waals surface area (Å²) in [5.41, 5.74) is 7.21. The lowest BCUT2D eigenvalue weighted by molar-refractivity contribution is 0.00722. The largest absolute Gasteiger partial charge is 0.467 e. The number of halogens is 1. The lowest BCUT2D eigenvalue weighted by atomic mass is 10.1. The number of hydrogen-bond acceptors (Lipinski definition) is 3. The first kappa shape index (κ1) is 14.3. The fourth-order valence-corrected chi connectivity index (χ4v) is 2.28. The monoisotopic (exact) mass is 323 g/mol. The van der Waals surface area contributed by atoms with E-state index < -0.39 is 0 Å². The zero-order valence-corrected chi connectivity index (χ0v) is 12.5. The van der Waals surface area contributed by atoms with Gasteiger partial charge in [-0.2, -0.15) is 0 Å². The molecule has 0 amide bonds. The molecule has 102 valence electrons. The normalized spacial score (nSPS) is 14.3. The zero-order chi connectivity index (χ0) is 13.7. The van der Waals surface area contributed by atoms with Crippen LogP contribution in [0.15, 0.2) is 51.6 Å². The lowest BCUT2D eigenvalue weighted by Crippen LogP contribution is -2.29. The number of nitrogens with two attached hydrogens (primary N) is 1. The second-order valence-corrected chi connectivity index (χ2v) is 5.26. The van der Waals surface area contributed by atoms with E-state index in [2.05, 4.69) is 15.9 Å². The van der Waals surface area contributed by atoms with Crippen LogP contribution in [0.1, 0.15) is 30.8 Å². The van der Waals surface area contributed by atoms with Gasteiger partial charge in [-0.05, 0) is 30.2 Å². The molecular weight excluding hydrogens is 306 g/mol. The number of ether oxygens (including phenoxy) is 1. The highest BCUT2D eigenvalue weighted by atomic mass is 79.9. The number of hydrogen-bond donors (Lipinski definition) is 1. The third kappa shape index (κ3) is 3.69. The minimum atomic E-state index is -0.216. The number of furan rings is 1. The predicted octanol–water partition coefficient (Wildman–Crippen LogP) is 4.04. The highest BCUT2D eigenvalue weighted by molar-refractivity contribution is 9.10. The minimum absolute atomic E-state index is 0.0753. The molecule has 19 heavy (non-hydrogen) atoms. The second kappa shape index (κ2) is 6.89. The molecule has 2 rings (SSSR count). The lowest BCUT2D eigenvalue weighted by Gasteiger charge is -2.21. The summed E-state index contributed by atoms with van der Waals surface area (Å²) in [5.74, 6) is 0.779. The van der Waals surface area contributed by atoms with Crippen LogP contribution < -0.4 is 5.73 Å². The van der Waals surface area contributed by atoms with Gasteiger partial charge < -0.3 is 14.9 Å². The highest BCUT2D eigenvalue weighted by Gasteiger charge is 2.22. The summed E-state index contributed by atoms with van der Waals surface area (Å²) in [6.07, 6.45) is 2.26. The summed E-state index contributed by atoms with van der Waals surface area (Å²) in [6, 6.07) is 11.7. The third-order valence-corrected chi connectivity index (χ3v) is 3.83. The molecular formula is C15H18BrNO2. The highest BCUT2D eigenvalue weighted by Crippen LogP contribution is 2.25. The Hall–Kier alpha value is -1.10. The Morgan fingerprint density at radius 2 is 2.05 bits per heavy atom. The molecule has 2 atom stereocenters. The average molecular weight is 324 g/mol. The van der Waals surface area contributed by atoms with E-state index in [4.69, 9.17) is 14.9 Å². The predicted molar refractivity (Wildman–Crippen MR) is 78.6 cm³/mol. The van der Waals surface area contributed by atoms with E-state index in [-0.39, 0.29) is 12.1 Å². The van der Waals surface area contributed by atoms with Crippen molar-refractivity contribution in [1.29, 1.82) is 0 Å². The molecule has 0 radical (unpaired) electrons. The van der Waals surface area contributed by atoms with E-state index in [1.807, 2.05) is 43.3 Å². The van der Waals surface area contributed by atoms with Gasteiger partial charge in [0.2, 0.25) is 0 Å². The van der Waals surface area contributed by atoms with Crippen LogP contribution in [0.25, 0.3) is 0 Å². The molecule has 0 aliphatic carbocycles. The fraction of sp³-hybridized carbons (Fsp3) is 0.333. The van der Waals surface area contributed by atoms with Gasteiger partial charge >= 0.3 is 0 Å². The summed E-state index contributed by atoms with van der Waals surface area (Å²) < 4.78 is 12.4. The van der Waals surface area contributed by atoms with Crippen LogP contribution in [-0.2, 0) is 11.3 Å². The first-order valence-electron chi connectivity index (χ1n) is 6.36. The molecule has 1 heterocycles. The van der Waals surface area contributed by atoms with Crippen molar-refractivity contribution in [3.63, 3.8) is 0 Å². The van der Waals surface area contributed by atoms with Gasteiger partial charge in [0.25, 0.3) is 0 Å². The van der Waals surface area contributed by atoms with Gasteiger partial charge in [0.1, 0.15) is 11.9 Å². The van der Waals surface area contributed by atoms with Crippen LogP contribution in [0.5, 0.6) is 0 Å². The van der Waals surface area contributed by atoms with Gasteiger partial charge in [-0.15, -0.1) is 0 Å². The molecule has 0 aliphatic rings. The van der Waals surface area contributed by atoms with Gasteiger partial charge in [-0.1, -0.05) is 41.1 Å². The van der Waals surface area contributed by atoms with Crippen LogP contribution in [0.4, 0.5) is 0 Å². The van der Waals surface area contributed by atoms with Crippen LogP contribution in [-0.4, -0.2) is 6.04 Å². The van der Waals surface area contributed by atoms with Crippen LogP contribution >= 0.6 is 15.9 Å². The quantitative estimate of drug-likeness (QED) is 0.872. The average Bonchev–Trinajstić information content (AvgIpc) is 2.94. The molecule has 0 saturated carbocycles. The maximum absolute atomic E-state index is 6.11. The van der Waals surface area contributed by atoms with Crippen molar-refractivity contribution in [3.8, 4) is 0 Å². The molecule has 0 spiro atoms. The Bertz CT molecular complexity index is 499. The first-order valence-corrected chi connectivity index (χ1v) is 7.15. The first-order chi connectivity index (χ1) is 9.22. The van der Waals surface area contributed by atoms with Gasteiger partial charge in [-0.3, -0.25) is 0 Å². The Kier molecular flexibility index (Phi) is 5.19. The topological polar surface area (TPSA) is 48.4 Å². The van der Waals surface area contributed by atoms with E-state index >= 15 is 0 Å². The van der Waals surface area contributed by atoms with Gasteiger partial charge in [0.05, 0.1) is 12.9 Å². The fourth-order valence-electron chi connectivity index (χ4n) is 1.88. The summed E-state index contributed by atoms with van der Waals surface area (Å²) in [7, 11) is 0. The standard InChI is InChI=1S/C15H18BrNO2/c1-2-13(17)15(14-8-5-9-18-14)19-10-11-6-3-4-7-12(11)16/h3-9,13,15H,2,10,17H2,1H3. The van der Waals surface area contributed by atoms with Gasteiger partial charge in [0.15, 0.2) is 0 Å². The Balaban J connectivity index is 2.07. The Morgan fingerprint density at radius 1 is 1.26 bits per heavy atom.